The predicted molar refractivity (Wildman–Crippen MR) is 82.9 cm³/mol. The van der Waals surface area contributed by atoms with Crippen LogP contribution in [0.15, 0.2) is 48.5 Å². The standard InChI is InChI=1S/C17H19NO3/c1-3-13-6-4-5-7-16(13)21-12-17(19)18-14-8-10-15(20-2)11-9-14/h4-11H,3,12H2,1-2H3,(H,18,19). The second-order valence-electron chi connectivity index (χ2n) is 4.53. The van der Waals surface area contributed by atoms with Crippen molar-refractivity contribution in [1.82, 2.24) is 0 Å². The highest BCUT2D eigenvalue weighted by Crippen LogP contribution is 2.18. The van der Waals surface area contributed by atoms with E-state index in [4.69, 9.17) is 9.47 Å². The number of nitrogens with one attached hydrogen (secondary N) is 1. The number of ether oxygens (including phenoxy) is 2. The number of hydrogen-bond acceptors (Lipinski definition) is 3. The molecule has 0 aliphatic heterocycles. The summed E-state index contributed by atoms with van der Waals surface area (Å²) in [6.07, 6.45) is 0.871. The molecule has 0 bridgehead atoms. The lowest BCUT2D eigenvalue weighted by Crippen LogP contribution is -2.20. The van der Waals surface area contributed by atoms with Crippen molar-refractivity contribution >= 4 is 11.6 Å². The molecule has 2 rings (SSSR count). The molecule has 110 valence electrons. The van der Waals surface area contributed by atoms with E-state index in [1.165, 1.54) is 0 Å². The maximum absolute atomic E-state index is 11.9. The Kier molecular flexibility index (Phi) is 5.21. The van der Waals surface area contributed by atoms with E-state index in [-0.39, 0.29) is 12.5 Å². The van der Waals surface area contributed by atoms with E-state index in [2.05, 4.69) is 12.2 Å². The third-order valence-corrected chi connectivity index (χ3v) is 3.09. The highest BCUT2D eigenvalue weighted by Gasteiger charge is 2.06. The number of carbonyl (C=O) groups excluding carboxylic acids is 1. The molecule has 4 heteroatoms. The van der Waals surface area contributed by atoms with E-state index < -0.39 is 0 Å². The number of aryl methyl sites for hydroxylation is 1. The SMILES string of the molecule is CCc1ccccc1OCC(=O)Nc1ccc(OC)cc1. The predicted octanol–water partition coefficient (Wildman–Crippen LogP) is 3.28. The summed E-state index contributed by atoms with van der Waals surface area (Å²) < 4.78 is 10.6. The molecular formula is C17H19NO3. The second-order valence-corrected chi connectivity index (χ2v) is 4.53. The molecule has 21 heavy (non-hydrogen) atoms. The summed E-state index contributed by atoms with van der Waals surface area (Å²) in [5.74, 6) is 1.32. The van der Waals surface area contributed by atoms with Gasteiger partial charge >= 0.3 is 0 Å². The van der Waals surface area contributed by atoms with Crippen LogP contribution in [0.5, 0.6) is 11.5 Å². The summed E-state index contributed by atoms with van der Waals surface area (Å²) in [5.41, 5.74) is 1.81. The fourth-order valence-corrected chi connectivity index (χ4v) is 1.95. The van der Waals surface area contributed by atoms with Crippen molar-refractivity contribution in [3.63, 3.8) is 0 Å². The van der Waals surface area contributed by atoms with Gasteiger partial charge in [-0.2, -0.15) is 0 Å². The Balaban J connectivity index is 1.89. The molecule has 4 nitrogen and oxygen atoms in total. The normalized spacial score (nSPS) is 10.0. The van der Waals surface area contributed by atoms with Crippen molar-refractivity contribution < 1.29 is 14.3 Å². The van der Waals surface area contributed by atoms with Crippen LogP contribution in [-0.4, -0.2) is 19.6 Å². The van der Waals surface area contributed by atoms with E-state index in [1.807, 2.05) is 24.3 Å². The number of carbonyl (C=O) groups is 1. The summed E-state index contributed by atoms with van der Waals surface area (Å²) in [6, 6.07) is 14.9. The molecule has 0 aromatic heterocycles. The zero-order valence-corrected chi connectivity index (χ0v) is 12.3. The Morgan fingerprint density at radius 3 is 2.48 bits per heavy atom. The first kappa shape index (κ1) is 14.9. The molecular weight excluding hydrogens is 266 g/mol. The Morgan fingerprint density at radius 2 is 1.81 bits per heavy atom. The van der Waals surface area contributed by atoms with Crippen LogP contribution < -0.4 is 14.8 Å². The van der Waals surface area contributed by atoms with Gasteiger partial charge in [0.25, 0.3) is 5.91 Å². The summed E-state index contributed by atoms with van der Waals surface area (Å²) in [5, 5.41) is 2.78. The van der Waals surface area contributed by atoms with Gasteiger partial charge in [-0.3, -0.25) is 4.79 Å². The fourth-order valence-electron chi connectivity index (χ4n) is 1.95. The first-order chi connectivity index (χ1) is 10.2. The number of methoxy groups -OCH3 is 1. The number of hydrogen-bond donors (Lipinski definition) is 1. The molecule has 1 N–H and O–H groups in total. The highest BCUT2D eigenvalue weighted by molar-refractivity contribution is 5.91. The average molecular weight is 285 g/mol. The molecule has 0 aliphatic carbocycles. The van der Waals surface area contributed by atoms with Crippen LogP contribution >= 0.6 is 0 Å². The molecule has 0 heterocycles. The van der Waals surface area contributed by atoms with Gasteiger partial charge in [0.05, 0.1) is 7.11 Å². The summed E-state index contributed by atoms with van der Waals surface area (Å²) >= 11 is 0. The average Bonchev–Trinajstić information content (AvgIpc) is 2.54. The van der Waals surface area contributed by atoms with Crippen molar-refractivity contribution in [2.45, 2.75) is 13.3 Å². The lowest BCUT2D eigenvalue weighted by atomic mass is 10.1. The quantitative estimate of drug-likeness (QED) is 0.886. The van der Waals surface area contributed by atoms with E-state index in [0.29, 0.717) is 5.69 Å². The number of para-hydroxylation sites is 1. The smallest absolute Gasteiger partial charge is 0.262 e. The van der Waals surface area contributed by atoms with Gasteiger partial charge in [0.15, 0.2) is 6.61 Å². The van der Waals surface area contributed by atoms with Gasteiger partial charge in [-0.15, -0.1) is 0 Å². The van der Waals surface area contributed by atoms with E-state index in [1.54, 1.807) is 31.4 Å². The zero-order chi connectivity index (χ0) is 15.1. The van der Waals surface area contributed by atoms with Gasteiger partial charge in [0.2, 0.25) is 0 Å². The Bertz CT molecular complexity index is 593. The molecule has 0 aliphatic rings. The number of amides is 1. The second kappa shape index (κ2) is 7.33. The lowest BCUT2D eigenvalue weighted by molar-refractivity contribution is -0.118. The monoisotopic (exact) mass is 285 g/mol. The molecule has 2 aromatic rings. The highest BCUT2D eigenvalue weighted by atomic mass is 16.5. The van der Waals surface area contributed by atoms with Gasteiger partial charge in [0, 0.05) is 5.69 Å². The van der Waals surface area contributed by atoms with Gasteiger partial charge in [0.1, 0.15) is 11.5 Å². The zero-order valence-electron chi connectivity index (χ0n) is 12.3. The molecule has 2 aromatic carbocycles. The Morgan fingerprint density at radius 1 is 1.10 bits per heavy atom. The first-order valence-corrected chi connectivity index (χ1v) is 6.87. The van der Waals surface area contributed by atoms with Crippen molar-refractivity contribution in [2.75, 3.05) is 19.0 Å². The fraction of sp³-hybridized carbons (Fsp3) is 0.235. The lowest BCUT2D eigenvalue weighted by Gasteiger charge is -2.10. The van der Waals surface area contributed by atoms with Crippen molar-refractivity contribution in [1.29, 1.82) is 0 Å². The van der Waals surface area contributed by atoms with Crippen molar-refractivity contribution in [2.24, 2.45) is 0 Å². The Labute approximate surface area is 124 Å². The van der Waals surface area contributed by atoms with Crippen LogP contribution in [0.1, 0.15) is 12.5 Å². The van der Waals surface area contributed by atoms with Crippen molar-refractivity contribution in [3.8, 4) is 11.5 Å². The van der Waals surface area contributed by atoms with Gasteiger partial charge < -0.3 is 14.8 Å². The topological polar surface area (TPSA) is 47.6 Å². The summed E-state index contributed by atoms with van der Waals surface area (Å²) in [4.78, 5) is 11.9. The third-order valence-electron chi connectivity index (χ3n) is 3.09. The molecule has 0 saturated carbocycles. The molecule has 0 radical (unpaired) electrons. The van der Waals surface area contributed by atoms with E-state index >= 15 is 0 Å². The van der Waals surface area contributed by atoms with Gasteiger partial charge in [-0.05, 0) is 42.3 Å². The van der Waals surface area contributed by atoms with Gasteiger partial charge in [-0.25, -0.2) is 0 Å². The molecule has 1 amide bonds. The minimum atomic E-state index is -0.189. The third kappa shape index (κ3) is 4.24. The first-order valence-electron chi connectivity index (χ1n) is 6.87. The van der Waals surface area contributed by atoms with Gasteiger partial charge in [-0.1, -0.05) is 25.1 Å². The molecule has 0 unspecified atom stereocenters. The number of benzene rings is 2. The van der Waals surface area contributed by atoms with Crippen LogP contribution in [0.4, 0.5) is 5.69 Å². The van der Waals surface area contributed by atoms with E-state index in [9.17, 15) is 4.79 Å². The largest absolute Gasteiger partial charge is 0.497 e. The number of anilines is 1. The van der Waals surface area contributed by atoms with Crippen LogP contribution in [0.3, 0.4) is 0 Å². The van der Waals surface area contributed by atoms with Crippen LogP contribution in [0.2, 0.25) is 0 Å². The molecule has 0 fully saturated rings. The van der Waals surface area contributed by atoms with Crippen LogP contribution in [0.25, 0.3) is 0 Å². The minimum absolute atomic E-state index is 0.0109. The molecule has 0 atom stereocenters. The summed E-state index contributed by atoms with van der Waals surface area (Å²) in [6.45, 7) is 2.04. The van der Waals surface area contributed by atoms with E-state index in [0.717, 1.165) is 23.5 Å². The Hall–Kier alpha value is -2.49. The number of rotatable bonds is 6. The minimum Gasteiger partial charge on any atom is -0.497 e. The maximum Gasteiger partial charge on any atom is 0.262 e. The van der Waals surface area contributed by atoms with Crippen LogP contribution in [0, 0.1) is 0 Å². The van der Waals surface area contributed by atoms with Crippen LogP contribution in [-0.2, 0) is 11.2 Å². The summed E-state index contributed by atoms with van der Waals surface area (Å²) in [7, 11) is 1.60. The molecule has 0 saturated heterocycles. The molecule has 0 spiro atoms. The van der Waals surface area contributed by atoms with Crippen molar-refractivity contribution in [3.05, 3.63) is 54.1 Å². The maximum atomic E-state index is 11.9.